The van der Waals surface area contributed by atoms with Gasteiger partial charge in [-0.25, -0.2) is 0 Å². The molecular weight excluding hydrogens is 260 g/mol. The van der Waals surface area contributed by atoms with Gasteiger partial charge < -0.3 is 9.84 Å². The summed E-state index contributed by atoms with van der Waals surface area (Å²) >= 11 is 0. The third-order valence-electron chi connectivity index (χ3n) is 4.53. The fourth-order valence-corrected chi connectivity index (χ4v) is 3.41. The number of fused-ring (bicyclic) bond motifs is 1. The van der Waals surface area contributed by atoms with Crippen LogP contribution in [-0.2, 0) is 11.2 Å². The second-order valence-corrected chi connectivity index (χ2v) is 6.07. The second kappa shape index (κ2) is 6.48. The van der Waals surface area contributed by atoms with Crippen molar-refractivity contribution in [2.45, 2.75) is 57.7 Å². The lowest BCUT2D eigenvalue weighted by molar-refractivity contribution is 0.0361. The van der Waals surface area contributed by atoms with Crippen molar-refractivity contribution in [3.05, 3.63) is 42.0 Å². The van der Waals surface area contributed by atoms with Gasteiger partial charge in [-0.05, 0) is 49.1 Å². The van der Waals surface area contributed by atoms with Crippen molar-refractivity contribution in [2.24, 2.45) is 0 Å². The monoisotopic (exact) mass is 284 g/mol. The van der Waals surface area contributed by atoms with Gasteiger partial charge in [0, 0.05) is 5.39 Å². The first-order valence-corrected chi connectivity index (χ1v) is 8.13. The molecule has 112 valence electrons. The molecule has 2 atom stereocenters. The summed E-state index contributed by atoms with van der Waals surface area (Å²) in [5, 5.41) is 12.1. The van der Waals surface area contributed by atoms with Gasteiger partial charge in [0.25, 0.3) is 0 Å². The lowest BCUT2D eigenvalue weighted by Crippen LogP contribution is -2.11. The predicted octanol–water partition coefficient (Wildman–Crippen LogP) is 4.83. The normalized spacial score (nSPS) is 22.0. The van der Waals surface area contributed by atoms with Crippen LogP contribution in [0, 0.1) is 0 Å². The summed E-state index contributed by atoms with van der Waals surface area (Å²) < 4.78 is 6.11. The Hall–Kier alpha value is -1.54. The standard InChI is InChI=1S/C19H24O2/c1-2-5-15-11-12-16(21-15)10-8-14-9-13-19(20)18-7-4-3-6-17(14)18/h3-4,6-7,9,13,15-16,20H,2,5,8,10-12H2,1H3. The molecular formula is C19H24O2. The van der Waals surface area contributed by atoms with Crippen LogP contribution in [0.5, 0.6) is 5.75 Å². The van der Waals surface area contributed by atoms with Crippen LogP contribution in [0.4, 0.5) is 0 Å². The first kappa shape index (κ1) is 14.4. The van der Waals surface area contributed by atoms with Gasteiger partial charge >= 0.3 is 0 Å². The highest BCUT2D eigenvalue weighted by atomic mass is 16.5. The average Bonchev–Trinajstić information content (AvgIpc) is 2.95. The van der Waals surface area contributed by atoms with Crippen LogP contribution in [0.15, 0.2) is 36.4 Å². The molecule has 0 spiro atoms. The predicted molar refractivity (Wildman–Crippen MR) is 86.7 cm³/mol. The van der Waals surface area contributed by atoms with Gasteiger partial charge in [0.05, 0.1) is 12.2 Å². The van der Waals surface area contributed by atoms with E-state index in [1.165, 1.54) is 36.6 Å². The van der Waals surface area contributed by atoms with Gasteiger partial charge in [-0.2, -0.15) is 0 Å². The van der Waals surface area contributed by atoms with Crippen molar-refractivity contribution >= 4 is 10.8 Å². The minimum Gasteiger partial charge on any atom is -0.507 e. The smallest absolute Gasteiger partial charge is 0.123 e. The molecule has 1 aliphatic rings. The van der Waals surface area contributed by atoms with Crippen molar-refractivity contribution < 1.29 is 9.84 Å². The topological polar surface area (TPSA) is 29.5 Å². The lowest BCUT2D eigenvalue weighted by Gasteiger charge is -2.14. The molecule has 0 saturated carbocycles. The Morgan fingerprint density at radius 2 is 1.71 bits per heavy atom. The zero-order valence-electron chi connectivity index (χ0n) is 12.7. The molecule has 2 aromatic rings. The van der Waals surface area contributed by atoms with Gasteiger partial charge in [-0.15, -0.1) is 0 Å². The largest absolute Gasteiger partial charge is 0.507 e. The van der Waals surface area contributed by atoms with Gasteiger partial charge in [-0.3, -0.25) is 0 Å². The van der Waals surface area contributed by atoms with E-state index in [9.17, 15) is 5.11 Å². The average molecular weight is 284 g/mol. The van der Waals surface area contributed by atoms with E-state index in [1.54, 1.807) is 0 Å². The van der Waals surface area contributed by atoms with Crippen molar-refractivity contribution in [2.75, 3.05) is 0 Å². The van der Waals surface area contributed by atoms with Crippen molar-refractivity contribution in [3.8, 4) is 5.75 Å². The summed E-state index contributed by atoms with van der Waals surface area (Å²) in [7, 11) is 0. The van der Waals surface area contributed by atoms with Crippen LogP contribution < -0.4 is 0 Å². The number of phenolic OH excluding ortho intramolecular Hbond substituents is 1. The number of hydrogen-bond donors (Lipinski definition) is 1. The molecule has 1 heterocycles. The number of rotatable bonds is 5. The summed E-state index contributed by atoms with van der Waals surface area (Å²) in [6, 6.07) is 12.0. The van der Waals surface area contributed by atoms with Gasteiger partial charge in [-0.1, -0.05) is 43.7 Å². The van der Waals surface area contributed by atoms with E-state index < -0.39 is 0 Å². The Bertz CT molecular complexity index is 606. The Kier molecular flexibility index (Phi) is 4.45. The summed E-state index contributed by atoms with van der Waals surface area (Å²) in [4.78, 5) is 0. The maximum absolute atomic E-state index is 9.94. The molecule has 1 aliphatic heterocycles. The summed E-state index contributed by atoms with van der Waals surface area (Å²) in [5.41, 5.74) is 1.31. The fraction of sp³-hybridized carbons (Fsp3) is 0.474. The number of hydrogen-bond acceptors (Lipinski definition) is 2. The highest BCUT2D eigenvalue weighted by Crippen LogP contribution is 2.30. The number of phenols is 1. The number of ether oxygens (including phenoxy) is 1. The minimum atomic E-state index is 0.370. The van der Waals surface area contributed by atoms with E-state index in [4.69, 9.17) is 4.74 Å². The maximum atomic E-state index is 9.94. The molecule has 0 radical (unpaired) electrons. The van der Waals surface area contributed by atoms with Crippen LogP contribution in [0.3, 0.4) is 0 Å². The van der Waals surface area contributed by atoms with Crippen molar-refractivity contribution in [1.82, 2.24) is 0 Å². The van der Waals surface area contributed by atoms with E-state index in [0.717, 1.165) is 18.2 Å². The van der Waals surface area contributed by atoms with Crippen LogP contribution in [0.1, 0.15) is 44.6 Å². The van der Waals surface area contributed by atoms with Gasteiger partial charge in [0.15, 0.2) is 0 Å². The van der Waals surface area contributed by atoms with E-state index in [1.807, 2.05) is 24.3 Å². The van der Waals surface area contributed by atoms with E-state index in [2.05, 4.69) is 19.1 Å². The summed E-state index contributed by atoms with van der Waals surface area (Å²) in [6.07, 6.45) is 7.80. The lowest BCUT2D eigenvalue weighted by atomic mass is 9.98. The first-order valence-electron chi connectivity index (χ1n) is 8.13. The van der Waals surface area contributed by atoms with Crippen molar-refractivity contribution in [3.63, 3.8) is 0 Å². The third-order valence-corrected chi connectivity index (χ3v) is 4.53. The quantitative estimate of drug-likeness (QED) is 0.852. The van der Waals surface area contributed by atoms with Crippen LogP contribution in [0.25, 0.3) is 10.8 Å². The van der Waals surface area contributed by atoms with Gasteiger partial charge in [0.2, 0.25) is 0 Å². The van der Waals surface area contributed by atoms with E-state index in [0.29, 0.717) is 18.0 Å². The Morgan fingerprint density at radius 3 is 2.48 bits per heavy atom. The molecule has 0 amide bonds. The zero-order valence-corrected chi connectivity index (χ0v) is 12.7. The number of aromatic hydroxyl groups is 1. The molecule has 3 rings (SSSR count). The van der Waals surface area contributed by atoms with Gasteiger partial charge in [0.1, 0.15) is 5.75 Å². The number of benzene rings is 2. The summed E-state index contributed by atoms with van der Waals surface area (Å²) in [5.74, 6) is 0.370. The minimum absolute atomic E-state index is 0.370. The Morgan fingerprint density at radius 1 is 1.00 bits per heavy atom. The van der Waals surface area contributed by atoms with Crippen LogP contribution in [-0.4, -0.2) is 17.3 Å². The molecule has 1 N–H and O–H groups in total. The Balaban J connectivity index is 1.68. The molecule has 2 nitrogen and oxygen atoms in total. The highest BCUT2D eigenvalue weighted by molar-refractivity contribution is 5.90. The van der Waals surface area contributed by atoms with Crippen LogP contribution in [0.2, 0.25) is 0 Å². The molecule has 1 saturated heterocycles. The van der Waals surface area contributed by atoms with E-state index in [-0.39, 0.29) is 0 Å². The zero-order chi connectivity index (χ0) is 14.7. The molecule has 2 aromatic carbocycles. The molecule has 0 aromatic heterocycles. The molecule has 2 unspecified atom stereocenters. The third kappa shape index (κ3) is 3.21. The fourth-order valence-electron chi connectivity index (χ4n) is 3.41. The maximum Gasteiger partial charge on any atom is 0.123 e. The SMILES string of the molecule is CCCC1CCC(CCc2ccc(O)c3ccccc23)O1. The second-order valence-electron chi connectivity index (χ2n) is 6.07. The molecule has 1 fully saturated rings. The number of aryl methyl sites for hydroxylation is 1. The molecule has 21 heavy (non-hydrogen) atoms. The molecule has 0 bridgehead atoms. The van der Waals surface area contributed by atoms with Crippen molar-refractivity contribution in [1.29, 1.82) is 0 Å². The Labute approximate surface area is 126 Å². The highest BCUT2D eigenvalue weighted by Gasteiger charge is 2.24. The van der Waals surface area contributed by atoms with E-state index >= 15 is 0 Å². The van der Waals surface area contributed by atoms with Crippen LogP contribution >= 0.6 is 0 Å². The molecule has 0 aliphatic carbocycles. The summed E-state index contributed by atoms with van der Waals surface area (Å²) in [6.45, 7) is 2.22. The first-order chi connectivity index (χ1) is 10.3. The molecule has 2 heteroatoms.